The number of thioether (sulfide) groups is 1. The minimum absolute atomic E-state index is 0.463. The maximum atomic E-state index is 3.57. The fourth-order valence-electron chi connectivity index (χ4n) is 1.96. The largest absolute Gasteiger partial charge is 0.315 e. The average Bonchev–Trinajstić information content (AvgIpc) is 2.38. The van der Waals surface area contributed by atoms with Crippen molar-refractivity contribution in [2.24, 2.45) is 0 Å². The monoisotopic (exact) mass is 266 g/mol. The lowest BCUT2D eigenvalue weighted by Crippen LogP contribution is -2.31. The van der Waals surface area contributed by atoms with Gasteiger partial charge in [0.2, 0.25) is 0 Å². The Morgan fingerprint density at radius 2 is 1.94 bits per heavy atom. The van der Waals surface area contributed by atoms with Gasteiger partial charge in [-0.05, 0) is 44.1 Å². The molecule has 0 radical (unpaired) electrons. The van der Waals surface area contributed by atoms with E-state index in [0.717, 1.165) is 13.1 Å². The van der Waals surface area contributed by atoms with E-state index in [1.807, 2.05) is 11.8 Å². The summed E-state index contributed by atoms with van der Waals surface area (Å²) in [5.74, 6) is 2.49. The van der Waals surface area contributed by atoms with E-state index in [4.69, 9.17) is 0 Å². The molecule has 0 spiro atoms. The Bertz CT molecular complexity index is 301. The molecule has 1 aromatic rings. The van der Waals surface area contributed by atoms with Gasteiger partial charge in [0.1, 0.15) is 0 Å². The molecule has 0 saturated heterocycles. The van der Waals surface area contributed by atoms with E-state index in [2.05, 4.69) is 61.6 Å². The molecule has 2 nitrogen and oxygen atoms in total. The molecule has 0 aliphatic carbocycles. The second kappa shape index (κ2) is 9.42. The van der Waals surface area contributed by atoms with E-state index in [1.54, 1.807) is 0 Å². The van der Waals surface area contributed by atoms with Crippen LogP contribution < -0.4 is 5.32 Å². The lowest BCUT2D eigenvalue weighted by molar-refractivity contribution is 0.289. The van der Waals surface area contributed by atoms with Gasteiger partial charge in [0.25, 0.3) is 0 Å². The van der Waals surface area contributed by atoms with Crippen molar-refractivity contribution in [1.82, 2.24) is 10.2 Å². The Hall–Kier alpha value is -0.510. The molecule has 0 amide bonds. The first-order valence-corrected chi connectivity index (χ1v) is 7.91. The van der Waals surface area contributed by atoms with Crippen molar-refractivity contribution in [3.63, 3.8) is 0 Å². The summed E-state index contributed by atoms with van der Waals surface area (Å²) in [6.07, 6.45) is 1.26. The van der Waals surface area contributed by atoms with Gasteiger partial charge in [-0.25, -0.2) is 0 Å². The first-order valence-electron chi connectivity index (χ1n) is 6.75. The van der Waals surface area contributed by atoms with Gasteiger partial charge in [0.05, 0.1) is 0 Å². The molecule has 0 aliphatic rings. The summed E-state index contributed by atoms with van der Waals surface area (Å²) in [5.41, 5.74) is 1.39. The van der Waals surface area contributed by atoms with Gasteiger partial charge >= 0.3 is 0 Å². The first-order chi connectivity index (χ1) is 8.75. The number of hydrogen-bond acceptors (Lipinski definition) is 3. The van der Waals surface area contributed by atoms with E-state index in [1.165, 1.54) is 23.5 Å². The number of nitrogens with zero attached hydrogens (tertiary/aromatic N) is 1. The average molecular weight is 266 g/mol. The van der Waals surface area contributed by atoms with Gasteiger partial charge in [-0.2, -0.15) is 11.8 Å². The zero-order valence-corrected chi connectivity index (χ0v) is 12.7. The van der Waals surface area contributed by atoms with Crippen molar-refractivity contribution in [2.45, 2.75) is 19.4 Å². The molecule has 102 valence electrons. The Labute approximate surface area is 116 Å². The second-order valence-electron chi connectivity index (χ2n) is 4.64. The van der Waals surface area contributed by atoms with Crippen molar-refractivity contribution >= 4 is 11.8 Å². The van der Waals surface area contributed by atoms with Gasteiger partial charge in [0, 0.05) is 12.6 Å². The number of nitrogens with one attached hydrogen (secondary N) is 1. The minimum Gasteiger partial charge on any atom is -0.315 e. The van der Waals surface area contributed by atoms with Crippen LogP contribution in [0.5, 0.6) is 0 Å². The highest BCUT2D eigenvalue weighted by Crippen LogP contribution is 2.16. The van der Waals surface area contributed by atoms with E-state index in [-0.39, 0.29) is 0 Å². The summed E-state index contributed by atoms with van der Waals surface area (Å²) >= 11 is 2.02. The molecule has 0 fully saturated rings. The van der Waals surface area contributed by atoms with Crippen LogP contribution in [0.1, 0.15) is 24.9 Å². The molecule has 18 heavy (non-hydrogen) atoms. The van der Waals surface area contributed by atoms with Crippen LogP contribution in [0.3, 0.4) is 0 Å². The SMILES string of the molecule is CCSCCCNCC(c1ccccc1)N(C)C. The Morgan fingerprint density at radius 3 is 2.56 bits per heavy atom. The van der Waals surface area contributed by atoms with Crippen LogP contribution >= 0.6 is 11.8 Å². The lowest BCUT2D eigenvalue weighted by Gasteiger charge is -2.25. The smallest absolute Gasteiger partial charge is 0.0466 e. The Kier molecular flexibility index (Phi) is 8.14. The van der Waals surface area contributed by atoms with Gasteiger partial charge < -0.3 is 10.2 Å². The molecule has 0 aromatic heterocycles. The van der Waals surface area contributed by atoms with Crippen LogP contribution in [-0.4, -0.2) is 43.6 Å². The Balaban J connectivity index is 2.31. The molecule has 1 N–H and O–H groups in total. The zero-order valence-electron chi connectivity index (χ0n) is 11.9. The summed E-state index contributed by atoms with van der Waals surface area (Å²) in [4.78, 5) is 2.28. The van der Waals surface area contributed by atoms with Crippen LogP contribution in [0.15, 0.2) is 30.3 Å². The summed E-state index contributed by atoms with van der Waals surface area (Å²) in [7, 11) is 4.29. The van der Waals surface area contributed by atoms with Crippen LogP contribution in [0.2, 0.25) is 0 Å². The molecule has 1 rings (SSSR count). The van der Waals surface area contributed by atoms with E-state index in [0.29, 0.717) is 6.04 Å². The number of likely N-dealkylation sites (N-methyl/N-ethyl adjacent to an activating group) is 1. The molecule has 1 unspecified atom stereocenters. The van der Waals surface area contributed by atoms with Crippen LogP contribution in [0.4, 0.5) is 0 Å². The fourth-order valence-corrected chi connectivity index (χ4v) is 2.59. The first kappa shape index (κ1) is 15.5. The predicted octanol–water partition coefficient (Wildman–Crippen LogP) is 3.02. The summed E-state index contributed by atoms with van der Waals surface area (Å²) in [6.45, 7) is 4.35. The summed E-state index contributed by atoms with van der Waals surface area (Å²) < 4.78 is 0. The molecule has 0 aliphatic heterocycles. The highest BCUT2D eigenvalue weighted by atomic mass is 32.2. The van der Waals surface area contributed by atoms with Crippen molar-refractivity contribution < 1.29 is 0 Å². The van der Waals surface area contributed by atoms with Gasteiger partial charge in [-0.15, -0.1) is 0 Å². The van der Waals surface area contributed by atoms with Gasteiger partial charge in [-0.3, -0.25) is 0 Å². The Morgan fingerprint density at radius 1 is 1.22 bits per heavy atom. The topological polar surface area (TPSA) is 15.3 Å². The third-order valence-corrected chi connectivity index (χ3v) is 3.98. The van der Waals surface area contributed by atoms with Crippen LogP contribution in [-0.2, 0) is 0 Å². The molecule has 3 heteroatoms. The lowest BCUT2D eigenvalue weighted by atomic mass is 10.1. The molecule has 0 heterocycles. The van der Waals surface area contributed by atoms with Crippen molar-refractivity contribution in [3.8, 4) is 0 Å². The summed E-state index contributed by atoms with van der Waals surface area (Å²) in [6, 6.07) is 11.2. The molecular weight excluding hydrogens is 240 g/mol. The molecule has 1 atom stereocenters. The number of hydrogen-bond donors (Lipinski definition) is 1. The maximum Gasteiger partial charge on any atom is 0.0466 e. The van der Waals surface area contributed by atoms with Crippen molar-refractivity contribution in [2.75, 3.05) is 38.7 Å². The second-order valence-corrected chi connectivity index (χ2v) is 6.04. The normalized spacial score (nSPS) is 12.9. The highest BCUT2D eigenvalue weighted by molar-refractivity contribution is 7.99. The van der Waals surface area contributed by atoms with Gasteiger partial charge in [0.15, 0.2) is 0 Å². The third kappa shape index (κ3) is 5.89. The molecular formula is C15H26N2S. The molecule has 1 aromatic carbocycles. The third-order valence-electron chi connectivity index (χ3n) is 2.99. The van der Waals surface area contributed by atoms with E-state index < -0.39 is 0 Å². The minimum atomic E-state index is 0.463. The van der Waals surface area contributed by atoms with Gasteiger partial charge in [-0.1, -0.05) is 37.3 Å². The summed E-state index contributed by atoms with van der Waals surface area (Å²) in [5, 5.41) is 3.57. The zero-order chi connectivity index (χ0) is 13.2. The molecule has 0 saturated carbocycles. The standard InChI is InChI=1S/C15H26N2S/c1-4-18-12-8-11-16-13-15(17(2)3)14-9-6-5-7-10-14/h5-7,9-10,15-16H,4,8,11-13H2,1-3H3. The fraction of sp³-hybridized carbons (Fsp3) is 0.600. The van der Waals surface area contributed by atoms with Crippen molar-refractivity contribution in [1.29, 1.82) is 0 Å². The maximum absolute atomic E-state index is 3.57. The number of rotatable bonds is 9. The van der Waals surface area contributed by atoms with E-state index in [9.17, 15) is 0 Å². The highest BCUT2D eigenvalue weighted by Gasteiger charge is 2.12. The molecule has 0 bridgehead atoms. The van der Waals surface area contributed by atoms with E-state index >= 15 is 0 Å². The van der Waals surface area contributed by atoms with Crippen LogP contribution in [0, 0.1) is 0 Å². The van der Waals surface area contributed by atoms with Crippen molar-refractivity contribution in [3.05, 3.63) is 35.9 Å². The van der Waals surface area contributed by atoms with Crippen LogP contribution in [0.25, 0.3) is 0 Å². The number of benzene rings is 1. The quantitative estimate of drug-likeness (QED) is 0.692. The predicted molar refractivity (Wildman–Crippen MR) is 83.4 cm³/mol.